The SMILES string of the molecule is CN(C)c1ccc2c(-c3ccc(C(=O)NCCOCCOCCOCCOCCC(=O)Nc4ccc(CN=[N+]=[N-])nc4)cc3C(=O)[O-])c3ccc(=[N+](C)C)cc-3oc2c1. The average molecular weight is 809 g/mol. The van der Waals surface area contributed by atoms with Gasteiger partial charge in [0.15, 0.2) is 0 Å². The van der Waals surface area contributed by atoms with E-state index in [2.05, 4.69) is 25.6 Å². The lowest BCUT2D eigenvalue weighted by Gasteiger charge is -2.20. The number of hydrogen-bond donors (Lipinski definition) is 2. The predicted molar refractivity (Wildman–Crippen MR) is 220 cm³/mol. The summed E-state index contributed by atoms with van der Waals surface area (Å²) in [6, 6.07) is 19.5. The van der Waals surface area contributed by atoms with Crippen LogP contribution in [0, 0.1) is 0 Å². The zero-order valence-electron chi connectivity index (χ0n) is 33.6. The number of carbonyl (C=O) groups is 3. The van der Waals surface area contributed by atoms with Crippen molar-refractivity contribution in [2.24, 2.45) is 5.11 Å². The minimum Gasteiger partial charge on any atom is -0.545 e. The fourth-order valence-corrected chi connectivity index (χ4v) is 5.97. The number of anilines is 2. The number of ether oxygens (including phenoxy) is 4. The van der Waals surface area contributed by atoms with Gasteiger partial charge in [0.1, 0.15) is 25.4 Å². The second kappa shape index (κ2) is 22.0. The molecular formula is C42H48N8O9. The van der Waals surface area contributed by atoms with Gasteiger partial charge in [0.2, 0.25) is 11.3 Å². The number of aromatic carboxylic acids is 1. The third kappa shape index (κ3) is 12.6. The number of nitrogens with one attached hydrogen (secondary N) is 2. The molecule has 5 rings (SSSR count). The molecular weight excluding hydrogens is 761 g/mol. The number of hydrogen-bond acceptors (Lipinski definition) is 12. The van der Waals surface area contributed by atoms with E-state index in [-0.39, 0.29) is 49.8 Å². The van der Waals surface area contributed by atoms with E-state index < -0.39 is 11.9 Å². The average Bonchev–Trinajstić information content (AvgIpc) is 3.23. The predicted octanol–water partition coefficient (Wildman–Crippen LogP) is 3.70. The molecule has 2 aromatic carbocycles. The lowest BCUT2D eigenvalue weighted by molar-refractivity contribution is -0.254. The topological polar surface area (TPSA) is 216 Å². The number of aromatic nitrogens is 1. The van der Waals surface area contributed by atoms with E-state index >= 15 is 0 Å². The van der Waals surface area contributed by atoms with Crippen molar-refractivity contribution in [3.8, 4) is 22.5 Å². The highest BCUT2D eigenvalue weighted by atomic mass is 16.6. The van der Waals surface area contributed by atoms with Gasteiger partial charge in [-0.15, -0.1) is 0 Å². The van der Waals surface area contributed by atoms with Crippen LogP contribution in [0.4, 0.5) is 11.4 Å². The number of benzene rings is 3. The minimum atomic E-state index is -1.41. The van der Waals surface area contributed by atoms with Gasteiger partial charge in [-0.1, -0.05) is 11.2 Å². The van der Waals surface area contributed by atoms with Crippen molar-refractivity contribution < 1.29 is 42.9 Å². The molecule has 0 atom stereocenters. The fraction of sp³-hybridized carbons (Fsp3) is 0.357. The van der Waals surface area contributed by atoms with E-state index in [4.69, 9.17) is 28.9 Å². The van der Waals surface area contributed by atoms with E-state index in [1.165, 1.54) is 12.3 Å². The molecule has 59 heavy (non-hydrogen) atoms. The maximum atomic E-state index is 13.1. The molecule has 310 valence electrons. The van der Waals surface area contributed by atoms with Crippen LogP contribution in [0.2, 0.25) is 0 Å². The monoisotopic (exact) mass is 808 g/mol. The van der Waals surface area contributed by atoms with Crippen molar-refractivity contribution in [3.05, 3.63) is 106 Å². The third-order valence-electron chi connectivity index (χ3n) is 9.02. The Kier molecular flexibility index (Phi) is 16.3. The summed E-state index contributed by atoms with van der Waals surface area (Å²) in [5, 5.41) is 23.2. The first-order valence-electron chi connectivity index (χ1n) is 18.9. The van der Waals surface area contributed by atoms with E-state index in [0.29, 0.717) is 73.5 Å². The molecule has 1 aromatic heterocycles. The number of rotatable bonds is 22. The summed E-state index contributed by atoms with van der Waals surface area (Å²) in [6.45, 7) is 2.81. The van der Waals surface area contributed by atoms with Gasteiger partial charge in [-0.05, 0) is 53.6 Å². The quantitative estimate of drug-likeness (QED) is 0.0257. The summed E-state index contributed by atoms with van der Waals surface area (Å²) in [6.07, 6.45) is 1.67. The van der Waals surface area contributed by atoms with Crippen LogP contribution in [0.15, 0.2) is 82.5 Å². The Morgan fingerprint density at radius 1 is 0.864 bits per heavy atom. The van der Waals surface area contributed by atoms with Gasteiger partial charge < -0.3 is 48.8 Å². The number of carboxylic acid groups (broad SMARTS) is 1. The first-order chi connectivity index (χ1) is 28.5. The number of carboxylic acids is 1. The number of pyridine rings is 1. The molecule has 2 heterocycles. The standard InChI is InChI=1S/C42H48N8O9/c1-49(2)31-8-11-34-37(24-31)59-38-25-32(50(3)4)9-12-35(38)40(34)33-10-5-28(23-36(33)42(53)54)41(52)44-14-16-56-18-20-58-22-21-57-19-17-55-15-13-39(51)47-30-7-6-29(45-26-30)27-46-48-43/h5-12,23-26H,13-22,27H2,1-4H3,(H2-,44,47,51,52,53,54). The van der Waals surface area contributed by atoms with Crippen molar-refractivity contribution in [1.29, 1.82) is 0 Å². The molecule has 17 nitrogen and oxygen atoms in total. The zero-order valence-corrected chi connectivity index (χ0v) is 33.6. The molecule has 3 aromatic rings. The van der Waals surface area contributed by atoms with Crippen molar-refractivity contribution >= 4 is 40.1 Å². The maximum absolute atomic E-state index is 13.1. The van der Waals surface area contributed by atoms with Crippen LogP contribution in [0.25, 0.3) is 43.9 Å². The van der Waals surface area contributed by atoms with Gasteiger partial charge in [-0.2, -0.15) is 0 Å². The van der Waals surface area contributed by atoms with Gasteiger partial charge in [0, 0.05) is 76.7 Å². The Balaban J connectivity index is 1.01. The van der Waals surface area contributed by atoms with Gasteiger partial charge in [0.25, 0.3) is 5.91 Å². The Morgan fingerprint density at radius 3 is 2.20 bits per heavy atom. The summed E-state index contributed by atoms with van der Waals surface area (Å²) >= 11 is 0. The van der Waals surface area contributed by atoms with Crippen LogP contribution >= 0.6 is 0 Å². The van der Waals surface area contributed by atoms with Gasteiger partial charge in [-0.3, -0.25) is 14.6 Å². The first kappa shape index (κ1) is 43.8. The smallest absolute Gasteiger partial charge is 0.251 e. The molecule has 0 spiro atoms. The van der Waals surface area contributed by atoms with Crippen molar-refractivity contribution in [1.82, 2.24) is 14.9 Å². The normalized spacial score (nSPS) is 11.0. The van der Waals surface area contributed by atoms with Crippen LogP contribution < -0.4 is 30.6 Å². The van der Waals surface area contributed by atoms with Crippen LogP contribution in [-0.2, 0) is 30.3 Å². The molecule has 0 fully saturated rings. The third-order valence-corrected chi connectivity index (χ3v) is 9.02. The number of amides is 2. The number of nitrogens with zero attached hydrogens (tertiary/aromatic N) is 6. The van der Waals surface area contributed by atoms with Crippen LogP contribution in [0.5, 0.6) is 0 Å². The molecule has 2 N–H and O–H groups in total. The summed E-state index contributed by atoms with van der Waals surface area (Å²) < 4.78 is 30.3. The van der Waals surface area contributed by atoms with E-state index in [0.717, 1.165) is 22.0 Å². The van der Waals surface area contributed by atoms with Gasteiger partial charge in [0.05, 0.1) is 89.7 Å². The van der Waals surface area contributed by atoms with Crippen LogP contribution in [-0.4, -0.2) is 110 Å². The molecule has 2 amide bonds. The van der Waals surface area contributed by atoms with E-state index in [1.807, 2.05) is 74.1 Å². The number of azide groups is 1. The highest BCUT2D eigenvalue weighted by molar-refractivity contribution is 6.09. The van der Waals surface area contributed by atoms with Crippen molar-refractivity contribution in [3.63, 3.8) is 0 Å². The molecule has 1 aliphatic heterocycles. The largest absolute Gasteiger partial charge is 0.545 e. The van der Waals surface area contributed by atoms with E-state index in [1.54, 1.807) is 24.3 Å². The Bertz CT molecular complexity index is 2320. The molecule has 0 unspecified atom stereocenters. The zero-order chi connectivity index (χ0) is 42.1. The molecule has 0 bridgehead atoms. The highest BCUT2D eigenvalue weighted by Gasteiger charge is 2.22. The fourth-order valence-electron chi connectivity index (χ4n) is 5.97. The number of fused-ring (bicyclic) bond motifs is 2. The lowest BCUT2D eigenvalue weighted by Crippen LogP contribution is -2.29. The van der Waals surface area contributed by atoms with E-state index in [9.17, 15) is 19.5 Å². The minimum absolute atomic E-state index is 0.118. The van der Waals surface area contributed by atoms with Crippen LogP contribution in [0.3, 0.4) is 0 Å². The van der Waals surface area contributed by atoms with Crippen molar-refractivity contribution in [2.45, 2.75) is 13.0 Å². The molecule has 0 saturated carbocycles. The molecule has 0 saturated heterocycles. The highest BCUT2D eigenvalue weighted by Crippen LogP contribution is 2.42. The molecule has 17 heteroatoms. The van der Waals surface area contributed by atoms with Gasteiger partial charge in [-0.25, -0.2) is 4.58 Å². The summed E-state index contributed by atoms with van der Waals surface area (Å²) in [5.41, 5.74) is 12.9. The Labute approximate surface area is 341 Å². The second-order valence-corrected chi connectivity index (χ2v) is 13.6. The maximum Gasteiger partial charge on any atom is 0.251 e. The van der Waals surface area contributed by atoms with Crippen LogP contribution in [0.1, 0.15) is 32.8 Å². The summed E-state index contributed by atoms with van der Waals surface area (Å²) in [7, 11) is 7.72. The summed E-state index contributed by atoms with van der Waals surface area (Å²) in [5.74, 6) is -1.49. The Hall–Kier alpha value is -6.36. The first-order valence-corrected chi connectivity index (χ1v) is 18.9. The molecule has 2 aliphatic rings. The lowest BCUT2D eigenvalue weighted by atomic mass is 9.89. The molecule has 0 radical (unpaired) electrons. The molecule has 1 aliphatic carbocycles. The van der Waals surface area contributed by atoms with Crippen molar-refractivity contribution in [2.75, 3.05) is 97.8 Å². The number of carbonyl (C=O) groups excluding carboxylic acids is 3. The Morgan fingerprint density at radius 2 is 1.56 bits per heavy atom. The van der Waals surface area contributed by atoms with Gasteiger partial charge >= 0.3 is 0 Å². The second-order valence-electron chi connectivity index (χ2n) is 13.6. The summed E-state index contributed by atoms with van der Waals surface area (Å²) in [4.78, 5) is 46.5.